The van der Waals surface area contributed by atoms with Gasteiger partial charge in [-0.1, -0.05) is 23.4 Å². The topological polar surface area (TPSA) is 79.2 Å². The molecule has 30 heavy (non-hydrogen) atoms. The summed E-state index contributed by atoms with van der Waals surface area (Å²) < 4.78 is 5.29. The van der Waals surface area contributed by atoms with Crippen molar-refractivity contribution in [2.45, 2.75) is 20.8 Å². The van der Waals surface area contributed by atoms with Crippen LogP contribution >= 0.6 is 0 Å². The van der Waals surface area contributed by atoms with E-state index in [2.05, 4.69) is 10.1 Å². The molecule has 0 spiro atoms. The van der Waals surface area contributed by atoms with E-state index in [-0.39, 0.29) is 11.5 Å². The number of H-pyrrole nitrogens is 1. The van der Waals surface area contributed by atoms with Gasteiger partial charge >= 0.3 is 0 Å². The summed E-state index contributed by atoms with van der Waals surface area (Å²) in [6.07, 6.45) is 0. The number of aryl methyl sites for hydroxylation is 2. The second-order valence-electron chi connectivity index (χ2n) is 7.41. The van der Waals surface area contributed by atoms with Gasteiger partial charge in [0.15, 0.2) is 0 Å². The van der Waals surface area contributed by atoms with Crippen molar-refractivity contribution in [3.8, 4) is 22.3 Å². The molecule has 2 heterocycles. The number of amides is 1. The Hall–Kier alpha value is -3.67. The molecule has 0 aliphatic heterocycles. The molecule has 0 atom stereocenters. The molecule has 0 radical (unpaired) electrons. The number of carbonyl (C=O) groups is 1. The predicted octanol–water partition coefficient (Wildman–Crippen LogP) is 4.56. The van der Waals surface area contributed by atoms with E-state index in [0.717, 1.165) is 39.0 Å². The van der Waals surface area contributed by atoms with Crippen LogP contribution in [0.25, 0.3) is 33.2 Å². The first-order chi connectivity index (χ1) is 14.4. The van der Waals surface area contributed by atoms with E-state index in [4.69, 9.17) is 4.52 Å². The van der Waals surface area contributed by atoms with Gasteiger partial charge in [-0.2, -0.15) is 0 Å². The highest BCUT2D eigenvalue weighted by Crippen LogP contribution is 2.30. The molecule has 0 aliphatic rings. The molecule has 0 bridgehead atoms. The molecule has 4 rings (SSSR count). The average molecular weight is 401 g/mol. The standard InChI is InChI=1S/C24H23N3O3/c1-5-27(4)24(29)17-8-6-16(7-9-17)20-13-19-12-18(10-11-21(19)25-23(20)28)22-14(2)26-30-15(22)3/h6-13H,5H2,1-4H3,(H,25,28). The third-order valence-corrected chi connectivity index (χ3v) is 5.43. The second kappa shape index (κ2) is 7.63. The Morgan fingerprint density at radius 3 is 2.40 bits per heavy atom. The van der Waals surface area contributed by atoms with E-state index >= 15 is 0 Å². The molecule has 152 valence electrons. The van der Waals surface area contributed by atoms with E-state index in [9.17, 15) is 9.59 Å². The SMILES string of the molecule is CCN(C)C(=O)c1ccc(-c2cc3cc(-c4c(C)noc4C)ccc3[nH]c2=O)cc1. The molecule has 1 amide bonds. The summed E-state index contributed by atoms with van der Waals surface area (Å²) in [4.78, 5) is 29.6. The Bertz CT molecular complexity index is 1280. The first kappa shape index (κ1) is 19.6. The van der Waals surface area contributed by atoms with Crippen molar-refractivity contribution >= 4 is 16.8 Å². The van der Waals surface area contributed by atoms with Gasteiger partial charge < -0.3 is 14.4 Å². The minimum absolute atomic E-state index is 0.0411. The van der Waals surface area contributed by atoms with Crippen LogP contribution in [0.3, 0.4) is 0 Å². The number of aromatic nitrogens is 2. The summed E-state index contributed by atoms with van der Waals surface area (Å²) in [6, 6.07) is 14.9. The molecule has 6 heteroatoms. The maximum atomic E-state index is 12.7. The van der Waals surface area contributed by atoms with E-state index in [0.29, 0.717) is 17.7 Å². The highest BCUT2D eigenvalue weighted by Gasteiger charge is 2.14. The van der Waals surface area contributed by atoms with Crippen LogP contribution in [0.5, 0.6) is 0 Å². The van der Waals surface area contributed by atoms with Gasteiger partial charge in [-0.05, 0) is 67.6 Å². The van der Waals surface area contributed by atoms with Gasteiger partial charge in [0.25, 0.3) is 11.5 Å². The number of rotatable bonds is 4. The molecule has 2 aromatic heterocycles. The molecular weight excluding hydrogens is 378 g/mol. The molecule has 0 saturated heterocycles. The van der Waals surface area contributed by atoms with Gasteiger partial charge in [0.05, 0.1) is 5.69 Å². The van der Waals surface area contributed by atoms with Gasteiger partial charge in [-0.3, -0.25) is 9.59 Å². The molecule has 0 unspecified atom stereocenters. The first-order valence-corrected chi connectivity index (χ1v) is 9.85. The van der Waals surface area contributed by atoms with Crippen LogP contribution in [-0.4, -0.2) is 34.5 Å². The average Bonchev–Trinajstić information content (AvgIpc) is 3.10. The van der Waals surface area contributed by atoms with Crippen LogP contribution in [0.4, 0.5) is 0 Å². The predicted molar refractivity (Wildman–Crippen MR) is 118 cm³/mol. The fourth-order valence-corrected chi connectivity index (χ4v) is 3.63. The van der Waals surface area contributed by atoms with Gasteiger partial charge in [-0.15, -0.1) is 0 Å². The normalized spacial score (nSPS) is 11.1. The summed E-state index contributed by atoms with van der Waals surface area (Å²) >= 11 is 0. The van der Waals surface area contributed by atoms with Crippen LogP contribution in [0.15, 0.2) is 57.8 Å². The minimum Gasteiger partial charge on any atom is -0.361 e. The zero-order chi connectivity index (χ0) is 21.4. The van der Waals surface area contributed by atoms with Crippen LogP contribution in [0.1, 0.15) is 28.7 Å². The van der Waals surface area contributed by atoms with Crippen LogP contribution in [-0.2, 0) is 0 Å². The van der Waals surface area contributed by atoms with Crippen molar-refractivity contribution in [2.24, 2.45) is 0 Å². The lowest BCUT2D eigenvalue weighted by Crippen LogP contribution is -2.26. The second-order valence-corrected chi connectivity index (χ2v) is 7.41. The number of hydrogen-bond donors (Lipinski definition) is 1. The number of carbonyl (C=O) groups excluding carboxylic acids is 1. The maximum absolute atomic E-state index is 12.7. The molecule has 1 N–H and O–H groups in total. The lowest BCUT2D eigenvalue weighted by molar-refractivity contribution is 0.0802. The van der Waals surface area contributed by atoms with Gasteiger partial charge in [0.1, 0.15) is 5.76 Å². The molecule has 0 fully saturated rings. The maximum Gasteiger partial charge on any atom is 0.256 e. The number of fused-ring (bicyclic) bond motifs is 1. The third-order valence-electron chi connectivity index (χ3n) is 5.43. The zero-order valence-electron chi connectivity index (χ0n) is 17.4. The molecular formula is C24H23N3O3. The lowest BCUT2D eigenvalue weighted by Gasteiger charge is -2.14. The number of nitrogens with zero attached hydrogens (tertiary/aromatic N) is 2. The van der Waals surface area contributed by atoms with E-state index in [1.54, 1.807) is 24.1 Å². The summed E-state index contributed by atoms with van der Waals surface area (Å²) in [5, 5.41) is 4.94. The van der Waals surface area contributed by atoms with Gasteiger partial charge in [0.2, 0.25) is 0 Å². The van der Waals surface area contributed by atoms with Gasteiger partial charge in [0, 0.05) is 35.8 Å². The smallest absolute Gasteiger partial charge is 0.256 e. The van der Waals surface area contributed by atoms with Crippen LogP contribution < -0.4 is 5.56 Å². The van der Waals surface area contributed by atoms with Crippen molar-refractivity contribution < 1.29 is 9.32 Å². The summed E-state index contributed by atoms with van der Waals surface area (Å²) in [7, 11) is 1.76. The van der Waals surface area contributed by atoms with Crippen LogP contribution in [0, 0.1) is 13.8 Å². The van der Waals surface area contributed by atoms with E-state index in [1.807, 2.05) is 57.2 Å². The summed E-state index contributed by atoms with van der Waals surface area (Å²) in [6.45, 7) is 6.36. The number of pyridine rings is 1. The molecule has 6 nitrogen and oxygen atoms in total. The monoisotopic (exact) mass is 401 g/mol. The van der Waals surface area contributed by atoms with Gasteiger partial charge in [-0.25, -0.2) is 0 Å². The Morgan fingerprint density at radius 1 is 1.07 bits per heavy atom. The van der Waals surface area contributed by atoms with Crippen LogP contribution in [0.2, 0.25) is 0 Å². The van der Waals surface area contributed by atoms with Crippen molar-refractivity contribution in [1.29, 1.82) is 0 Å². The largest absolute Gasteiger partial charge is 0.361 e. The molecule has 0 aliphatic carbocycles. The van der Waals surface area contributed by atoms with Crippen molar-refractivity contribution in [1.82, 2.24) is 15.0 Å². The highest BCUT2D eigenvalue weighted by molar-refractivity contribution is 5.95. The Kier molecular flexibility index (Phi) is 4.99. The molecule has 2 aromatic carbocycles. The fourth-order valence-electron chi connectivity index (χ4n) is 3.63. The quantitative estimate of drug-likeness (QED) is 0.544. The van der Waals surface area contributed by atoms with Crippen molar-refractivity contribution in [2.75, 3.05) is 13.6 Å². The highest BCUT2D eigenvalue weighted by atomic mass is 16.5. The molecule has 4 aromatic rings. The third kappa shape index (κ3) is 3.41. The van der Waals surface area contributed by atoms with Crippen molar-refractivity contribution in [3.63, 3.8) is 0 Å². The minimum atomic E-state index is -0.169. The zero-order valence-corrected chi connectivity index (χ0v) is 17.4. The first-order valence-electron chi connectivity index (χ1n) is 9.85. The lowest BCUT2D eigenvalue weighted by atomic mass is 9.99. The molecule has 0 saturated carbocycles. The number of aromatic amines is 1. The Labute approximate surface area is 174 Å². The fraction of sp³-hybridized carbons (Fsp3) is 0.208. The Morgan fingerprint density at radius 2 is 1.77 bits per heavy atom. The van der Waals surface area contributed by atoms with Crippen molar-refractivity contribution in [3.05, 3.63) is 75.9 Å². The number of nitrogens with one attached hydrogen (secondary N) is 1. The van der Waals surface area contributed by atoms with E-state index in [1.165, 1.54) is 0 Å². The summed E-state index contributed by atoms with van der Waals surface area (Å²) in [5.41, 5.74) is 5.29. The summed E-state index contributed by atoms with van der Waals surface area (Å²) in [5.74, 6) is 0.717. The Balaban J connectivity index is 1.77. The number of benzene rings is 2. The van der Waals surface area contributed by atoms with E-state index < -0.39 is 0 Å². The number of hydrogen-bond acceptors (Lipinski definition) is 4.